The zero-order valence-corrected chi connectivity index (χ0v) is 9.44. The van der Waals surface area contributed by atoms with Gasteiger partial charge in [0.15, 0.2) is 5.65 Å². The number of nitrogens with two attached hydrogens (primary N) is 1. The van der Waals surface area contributed by atoms with Gasteiger partial charge in [-0.25, -0.2) is 9.97 Å². The SMILES string of the molecule is Cc1ccccc1-c1nc2nccc(N)c2[nH]1. The lowest BCUT2D eigenvalue weighted by Gasteiger charge is -2.00. The van der Waals surface area contributed by atoms with Crippen LogP contribution in [-0.4, -0.2) is 15.0 Å². The van der Waals surface area contributed by atoms with Crippen molar-refractivity contribution in [1.82, 2.24) is 15.0 Å². The number of fused-ring (bicyclic) bond motifs is 1. The molecular weight excluding hydrogens is 212 g/mol. The van der Waals surface area contributed by atoms with Crippen molar-refractivity contribution >= 4 is 16.9 Å². The molecule has 1 aromatic carbocycles. The van der Waals surface area contributed by atoms with Gasteiger partial charge >= 0.3 is 0 Å². The zero-order valence-electron chi connectivity index (χ0n) is 9.44. The standard InChI is InChI=1S/C13H12N4/c1-8-4-2-3-5-9(8)12-16-11-10(14)6-7-15-13(11)17-12/h2-7H,1H3,(H3,14,15,16,17). The molecule has 0 atom stereocenters. The molecule has 17 heavy (non-hydrogen) atoms. The minimum atomic E-state index is 0.656. The molecular formula is C13H12N4. The van der Waals surface area contributed by atoms with Gasteiger partial charge in [0.25, 0.3) is 0 Å². The molecule has 4 heteroatoms. The lowest BCUT2D eigenvalue weighted by atomic mass is 10.1. The van der Waals surface area contributed by atoms with Crippen molar-refractivity contribution in [1.29, 1.82) is 0 Å². The highest BCUT2D eigenvalue weighted by molar-refractivity contribution is 5.86. The van der Waals surface area contributed by atoms with Gasteiger partial charge in [0.1, 0.15) is 11.3 Å². The maximum atomic E-state index is 5.87. The van der Waals surface area contributed by atoms with Crippen LogP contribution in [0.15, 0.2) is 36.5 Å². The summed E-state index contributed by atoms with van der Waals surface area (Å²) in [4.78, 5) is 11.9. The van der Waals surface area contributed by atoms with Crippen molar-refractivity contribution in [2.24, 2.45) is 0 Å². The third-order valence-electron chi connectivity index (χ3n) is 2.82. The van der Waals surface area contributed by atoms with Crippen LogP contribution in [0.3, 0.4) is 0 Å². The molecule has 3 aromatic rings. The van der Waals surface area contributed by atoms with E-state index in [-0.39, 0.29) is 0 Å². The van der Waals surface area contributed by atoms with E-state index in [0.29, 0.717) is 11.3 Å². The summed E-state index contributed by atoms with van der Waals surface area (Å²) in [5, 5.41) is 0. The number of benzene rings is 1. The van der Waals surface area contributed by atoms with Crippen LogP contribution in [0, 0.1) is 6.92 Å². The van der Waals surface area contributed by atoms with Gasteiger partial charge in [-0.1, -0.05) is 24.3 Å². The summed E-state index contributed by atoms with van der Waals surface area (Å²) in [6.07, 6.45) is 1.67. The Bertz CT molecular complexity index is 685. The maximum absolute atomic E-state index is 5.87. The zero-order chi connectivity index (χ0) is 11.8. The largest absolute Gasteiger partial charge is 0.397 e. The Morgan fingerprint density at radius 1 is 1.18 bits per heavy atom. The first-order chi connectivity index (χ1) is 8.25. The lowest BCUT2D eigenvalue weighted by molar-refractivity contribution is 1.28. The van der Waals surface area contributed by atoms with Crippen molar-refractivity contribution in [3.05, 3.63) is 42.1 Å². The molecule has 0 spiro atoms. The Balaban J connectivity index is 2.26. The molecule has 0 aliphatic heterocycles. The van der Waals surface area contributed by atoms with Crippen LogP contribution < -0.4 is 5.73 Å². The number of nitrogens with zero attached hydrogens (tertiary/aromatic N) is 2. The van der Waals surface area contributed by atoms with E-state index in [0.717, 1.165) is 16.9 Å². The molecule has 3 rings (SSSR count). The Labute approximate surface area is 98.5 Å². The molecule has 0 saturated carbocycles. The van der Waals surface area contributed by atoms with Crippen LogP contribution in [0.5, 0.6) is 0 Å². The second-order valence-corrected chi connectivity index (χ2v) is 4.00. The van der Waals surface area contributed by atoms with E-state index in [9.17, 15) is 0 Å². The number of nitrogen functional groups attached to an aromatic ring is 1. The quantitative estimate of drug-likeness (QED) is 0.667. The summed E-state index contributed by atoms with van der Waals surface area (Å²) in [6, 6.07) is 9.85. The fourth-order valence-corrected chi connectivity index (χ4v) is 1.90. The van der Waals surface area contributed by atoms with Crippen LogP contribution in [0.1, 0.15) is 5.56 Å². The minimum Gasteiger partial charge on any atom is -0.397 e. The topological polar surface area (TPSA) is 67.6 Å². The average Bonchev–Trinajstić information content (AvgIpc) is 2.75. The van der Waals surface area contributed by atoms with Crippen molar-refractivity contribution in [3.8, 4) is 11.4 Å². The van der Waals surface area contributed by atoms with E-state index in [1.165, 1.54) is 5.56 Å². The fourth-order valence-electron chi connectivity index (χ4n) is 1.90. The van der Waals surface area contributed by atoms with Crippen LogP contribution in [0.4, 0.5) is 5.69 Å². The number of nitrogens with one attached hydrogen (secondary N) is 1. The highest BCUT2D eigenvalue weighted by Crippen LogP contribution is 2.24. The van der Waals surface area contributed by atoms with Crippen LogP contribution in [-0.2, 0) is 0 Å². The Morgan fingerprint density at radius 2 is 2.00 bits per heavy atom. The third-order valence-corrected chi connectivity index (χ3v) is 2.82. The number of imidazole rings is 1. The molecule has 0 unspecified atom stereocenters. The fraction of sp³-hybridized carbons (Fsp3) is 0.0769. The van der Waals surface area contributed by atoms with Gasteiger partial charge in [-0.3, -0.25) is 0 Å². The van der Waals surface area contributed by atoms with E-state index in [4.69, 9.17) is 5.73 Å². The summed E-state index contributed by atoms with van der Waals surface area (Å²) in [6.45, 7) is 2.05. The van der Waals surface area contributed by atoms with Crippen molar-refractivity contribution in [3.63, 3.8) is 0 Å². The number of aromatic nitrogens is 3. The van der Waals surface area contributed by atoms with Gasteiger partial charge in [-0.15, -0.1) is 0 Å². The Kier molecular flexibility index (Phi) is 2.08. The number of pyridine rings is 1. The molecule has 84 valence electrons. The second-order valence-electron chi connectivity index (χ2n) is 4.00. The molecule has 0 fully saturated rings. The summed E-state index contributed by atoms with van der Waals surface area (Å²) in [5.74, 6) is 0.809. The van der Waals surface area contributed by atoms with Gasteiger partial charge in [0.2, 0.25) is 0 Å². The first kappa shape index (κ1) is 9.84. The summed E-state index contributed by atoms with van der Waals surface area (Å²) < 4.78 is 0. The highest BCUT2D eigenvalue weighted by Gasteiger charge is 2.09. The smallest absolute Gasteiger partial charge is 0.180 e. The summed E-state index contributed by atoms with van der Waals surface area (Å²) in [7, 11) is 0. The Morgan fingerprint density at radius 3 is 2.76 bits per heavy atom. The number of anilines is 1. The van der Waals surface area contributed by atoms with Gasteiger partial charge in [-0.2, -0.15) is 0 Å². The molecule has 2 aromatic heterocycles. The molecule has 3 N–H and O–H groups in total. The molecule has 0 amide bonds. The van der Waals surface area contributed by atoms with Crippen molar-refractivity contribution < 1.29 is 0 Å². The second kappa shape index (κ2) is 3.59. The molecule has 0 saturated heterocycles. The third kappa shape index (κ3) is 1.54. The predicted octanol–water partition coefficient (Wildman–Crippen LogP) is 2.52. The molecule has 0 aliphatic carbocycles. The van der Waals surface area contributed by atoms with E-state index in [2.05, 4.69) is 27.9 Å². The monoisotopic (exact) mass is 224 g/mol. The van der Waals surface area contributed by atoms with Crippen LogP contribution in [0.2, 0.25) is 0 Å². The number of hydrogen-bond donors (Lipinski definition) is 2. The van der Waals surface area contributed by atoms with Gasteiger partial charge < -0.3 is 10.7 Å². The van der Waals surface area contributed by atoms with Gasteiger partial charge in [0.05, 0.1) is 5.69 Å². The highest BCUT2D eigenvalue weighted by atomic mass is 15.0. The summed E-state index contributed by atoms with van der Waals surface area (Å²) in [5.41, 5.74) is 10.2. The van der Waals surface area contributed by atoms with Crippen LogP contribution in [0.25, 0.3) is 22.6 Å². The predicted molar refractivity (Wildman–Crippen MR) is 68.5 cm³/mol. The average molecular weight is 224 g/mol. The number of rotatable bonds is 1. The number of aryl methyl sites for hydroxylation is 1. The maximum Gasteiger partial charge on any atom is 0.180 e. The van der Waals surface area contributed by atoms with Gasteiger partial charge in [-0.05, 0) is 18.6 Å². The number of hydrogen-bond acceptors (Lipinski definition) is 3. The van der Waals surface area contributed by atoms with Gasteiger partial charge in [0, 0.05) is 11.8 Å². The van der Waals surface area contributed by atoms with E-state index in [1.807, 2.05) is 18.2 Å². The Hall–Kier alpha value is -2.36. The van der Waals surface area contributed by atoms with Crippen LogP contribution >= 0.6 is 0 Å². The normalized spacial score (nSPS) is 10.9. The van der Waals surface area contributed by atoms with Crippen molar-refractivity contribution in [2.75, 3.05) is 5.73 Å². The molecule has 0 bridgehead atoms. The number of aromatic amines is 1. The first-order valence-corrected chi connectivity index (χ1v) is 5.42. The molecule has 0 radical (unpaired) electrons. The summed E-state index contributed by atoms with van der Waals surface area (Å²) >= 11 is 0. The van der Waals surface area contributed by atoms with E-state index in [1.54, 1.807) is 12.3 Å². The van der Waals surface area contributed by atoms with Crippen molar-refractivity contribution in [2.45, 2.75) is 6.92 Å². The molecule has 2 heterocycles. The first-order valence-electron chi connectivity index (χ1n) is 5.42. The molecule has 0 aliphatic rings. The lowest BCUT2D eigenvalue weighted by Crippen LogP contribution is -1.87. The molecule has 4 nitrogen and oxygen atoms in total. The van der Waals surface area contributed by atoms with E-state index < -0.39 is 0 Å². The number of H-pyrrole nitrogens is 1. The van der Waals surface area contributed by atoms with E-state index >= 15 is 0 Å². The minimum absolute atomic E-state index is 0.656.